The summed E-state index contributed by atoms with van der Waals surface area (Å²) >= 11 is 0. The fraction of sp³-hybridized carbons (Fsp3) is 0. The topological polar surface area (TPSA) is 9.86 Å². The Morgan fingerprint density at radius 3 is 1.97 bits per heavy atom. The van der Waals surface area contributed by atoms with E-state index in [1.807, 2.05) is 0 Å². The lowest BCUT2D eigenvalue weighted by Crippen LogP contribution is -2.53. The van der Waals surface area contributed by atoms with Gasteiger partial charge in [0.15, 0.2) is 0 Å². The minimum atomic E-state index is 0.231. The third-order valence-corrected chi connectivity index (χ3v) is 9.11. The number of hydrogen-bond acceptors (Lipinski definition) is 0. The van der Waals surface area contributed by atoms with E-state index in [0.717, 1.165) is 0 Å². The van der Waals surface area contributed by atoms with Gasteiger partial charge >= 0.3 is 0 Å². The Morgan fingerprint density at radius 2 is 1.13 bits per heavy atom. The molecular weight excluding hydrogens is 471 g/mol. The highest BCUT2D eigenvalue weighted by atomic mass is 15.0. The van der Waals surface area contributed by atoms with Crippen LogP contribution in [-0.2, 0) is 0 Å². The second kappa shape index (κ2) is 6.89. The Kier molecular flexibility index (Phi) is 3.54. The molecular formula is C36H21BN2. The second-order valence-electron chi connectivity index (χ2n) is 10.9. The third kappa shape index (κ3) is 2.31. The molecule has 178 valence electrons. The Hall–Kier alpha value is -5.02. The average molecular weight is 492 g/mol. The molecule has 2 nitrogen and oxygen atoms in total. The van der Waals surface area contributed by atoms with Crippen molar-refractivity contribution < 1.29 is 0 Å². The van der Waals surface area contributed by atoms with E-state index in [9.17, 15) is 0 Å². The van der Waals surface area contributed by atoms with E-state index in [4.69, 9.17) is 0 Å². The first-order valence-electron chi connectivity index (χ1n) is 13.7. The van der Waals surface area contributed by atoms with Crippen molar-refractivity contribution in [2.75, 3.05) is 0 Å². The summed E-state index contributed by atoms with van der Waals surface area (Å²) in [5.41, 5.74) is 14.6. The number of benzene rings is 6. The normalized spacial score (nSPS) is 13.1. The molecule has 2 aliphatic rings. The van der Waals surface area contributed by atoms with Crippen LogP contribution in [0.15, 0.2) is 127 Å². The van der Waals surface area contributed by atoms with Gasteiger partial charge in [-0.25, -0.2) is 0 Å². The zero-order valence-electron chi connectivity index (χ0n) is 21.1. The number of para-hydroxylation sites is 3. The summed E-state index contributed by atoms with van der Waals surface area (Å²) in [4.78, 5) is 0. The van der Waals surface area contributed by atoms with Crippen molar-refractivity contribution in [1.29, 1.82) is 0 Å². The van der Waals surface area contributed by atoms with E-state index < -0.39 is 0 Å². The van der Waals surface area contributed by atoms with Crippen LogP contribution < -0.4 is 16.4 Å². The molecule has 0 saturated carbocycles. The van der Waals surface area contributed by atoms with Gasteiger partial charge in [-0.2, -0.15) is 0 Å². The van der Waals surface area contributed by atoms with Gasteiger partial charge in [0.25, 0.3) is 0 Å². The maximum Gasteiger partial charge on any atom is 0.248 e. The van der Waals surface area contributed by atoms with Crippen molar-refractivity contribution in [3.8, 4) is 22.5 Å². The summed E-state index contributed by atoms with van der Waals surface area (Å²) in [6.07, 6.45) is 0. The predicted octanol–water partition coefficient (Wildman–Crippen LogP) is 6.69. The van der Waals surface area contributed by atoms with Gasteiger partial charge in [-0.3, -0.25) is 0 Å². The van der Waals surface area contributed by atoms with E-state index in [-0.39, 0.29) is 6.71 Å². The fourth-order valence-electron chi connectivity index (χ4n) is 7.63. The SMILES string of the molecule is c1ccc(-n2c3ccccc3c3cc4c(cc32)-n2c3ccccc3c3ccc5c(c32)B4c2ccccc2-5)cc1. The molecule has 0 spiro atoms. The van der Waals surface area contributed by atoms with Crippen molar-refractivity contribution in [3.05, 3.63) is 127 Å². The molecule has 2 aliphatic heterocycles. The van der Waals surface area contributed by atoms with Gasteiger partial charge < -0.3 is 9.13 Å². The third-order valence-electron chi connectivity index (χ3n) is 9.11. The first-order valence-corrected chi connectivity index (χ1v) is 13.7. The molecule has 0 fully saturated rings. The number of fused-ring (bicyclic) bond motifs is 12. The van der Waals surface area contributed by atoms with Gasteiger partial charge in [-0.05, 0) is 52.4 Å². The van der Waals surface area contributed by atoms with Gasteiger partial charge in [0.05, 0.1) is 16.6 Å². The van der Waals surface area contributed by atoms with Crippen LogP contribution in [0.4, 0.5) is 0 Å². The summed E-state index contributed by atoms with van der Waals surface area (Å²) in [6.45, 7) is 0.231. The number of hydrogen-bond donors (Lipinski definition) is 0. The molecule has 8 aromatic rings. The molecule has 0 N–H and O–H groups in total. The maximum absolute atomic E-state index is 2.55. The van der Waals surface area contributed by atoms with Crippen molar-refractivity contribution in [2.45, 2.75) is 0 Å². The molecule has 0 radical (unpaired) electrons. The van der Waals surface area contributed by atoms with E-state index in [1.54, 1.807) is 0 Å². The standard InChI is InChI=1S/C36H21BN2/c1-2-10-22(11-3-1)38-31-16-8-6-14-25(31)28-20-30-34(21-33(28)38)39-32-17-9-5-13-24(32)27-19-18-26-23-12-4-7-15-29(23)37(30)35(26)36(27)39/h1-21H. The van der Waals surface area contributed by atoms with Crippen LogP contribution >= 0.6 is 0 Å². The highest BCUT2D eigenvalue weighted by Crippen LogP contribution is 2.40. The van der Waals surface area contributed by atoms with Crippen molar-refractivity contribution in [3.63, 3.8) is 0 Å². The van der Waals surface area contributed by atoms with Crippen LogP contribution in [0.2, 0.25) is 0 Å². The molecule has 3 heteroatoms. The summed E-state index contributed by atoms with van der Waals surface area (Å²) in [5.74, 6) is 0. The van der Waals surface area contributed by atoms with Gasteiger partial charge in [-0.1, -0.05) is 103 Å². The van der Waals surface area contributed by atoms with Crippen LogP contribution in [0, 0.1) is 0 Å². The molecule has 2 aromatic heterocycles. The Morgan fingerprint density at radius 1 is 0.436 bits per heavy atom. The molecule has 0 amide bonds. The molecule has 4 heterocycles. The van der Waals surface area contributed by atoms with Crippen molar-refractivity contribution in [1.82, 2.24) is 9.13 Å². The summed E-state index contributed by atoms with van der Waals surface area (Å²) in [6, 6.07) is 47.2. The molecule has 0 bridgehead atoms. The molecule has 0 saturated heterocycles. The minimum absolute atomic E-state index is 0.231. The predicted molar refractivity (Wildman–Crippen MR) is 165 cm³/mol. The van der Waals surface area contributed by atoms with Gasteiger partial charge in [-0.15, -0.1) is 0 Å². The van der Waals surface area contributed by atoms with Gasteiger partial charge in [0, 0.05) is 38.4 Å². The van der Waals surface area contributed by atoms with Crippen molar-refractivity contribution in [2.24, 2.45) is 0 Å². The van der Waals surface area contributed by atoms with Crippen LogP contribution in [0.25, 0.3) is 66.1 Å². The summed E-state index contributed by atoms with van der Waals surface area (Å²) in [5, 5.41) is 5.27. The number of rotatable bonds is 1. The zero-order valence-corrected chi connectivity index (χ0v) is 21.1. The van der Waals surface area contributed by atoms with E-state index in [1.165, 1.54) is 82.5 Å². The highest BCUT2D eigenvalue weighted by Gasteiger charge is 2.41. The lowest BCUT2D eigenvalue weighted by atomic mass is 9.37. The first kappa shape index (κ1) is 20.0. The van der Waals surface area contributed by atoms with E-state index >= 15 is 0 Å². The quantitative estimate of drug-likeness (QED) is 0.226. The highest BCUT2D eigenvalue weighted by molar-refractivity contribution is 7.01. The Bertz CT molecular complexity index is 2340. The van der Waals surface area contributed by atoms with E-state index in [0.29, 0.717) is 0 Å². The summed E-state index contributed by atoms with van der Waals surface area (Å²) in [7, 11) is 0. The lowest BCUT2D eigenvalue weighted by molar-refractivity contribution is 1.16. The van der Waals surface area contributed by atoms with Crippen molar-refractivity contribution >= 4 is 66.7 Å². The van der Waals surface area contributed by atoms with Crippen LogP contribution in [0.5, 0.6) is 0 Å². The average Bonchev–Trinajstić information content (AvgIpc) is 3.63. The molecule has 6 aromatic carbocycles. The van der Waals surface area contributed by atoms with Gasteiger partial charge in [0.1, 0.15) is 0 Å². The molecule has 0 atom stereocenters. The summed E-state index contributed by atoms with van der Waals surface area (Å²) < 4.78 is 4.98. The van der Waals surface area contributed by atoms with Crippen LogP contribution in [0.3, 0.4) is 0 Å². The largest absolute Gasteiger partial charge is 0.310 e. The fourth-order valence-corrected chi connectivity index (χ4v) is 7.63. The van der Waals surface area contributed by atoms with Gasteiger partial charge in [0.2, 0.25) is 6.71 Å². The Balaban J connectivity index is 1.45. The molecule has 39 heavy (non-hydrogen) atoms. The lowest BCUT2D eigenvalue weighted by Gasteiger charge is -2.25. The Labute approximate surface area is 225 Å². The minimum Gasteiger partial charge on any atom is -0.310 e. The second-order valence-corrected chi connectivity index (χ2v) is 10.9. The monoisotopic (exact) mass is 492 g/mol. The van der Waals surface area contributed by atoms with E-state index in [2.05, 4.69) is 137 Å². The number of aromatic nitrogens is 2. The molecule has 0 aliphatic carbocycles. The van der Waals surface area contributed by atoms with Crippen LogP contribution in [-0.4, -0.2) is 15.8 Å². The number of nitrogens with zero attached hydrogens (tertiary/aromatic N) is 2. The first-order chi connectivity index (χ1) is 19.4. The maximum atomic E-state index is 2.55. The molecule has 0 unspecified atom stereocenters. The van der Waals surface area contributed by atoms with Crippen LogP contribution in [0.1, 0.15) is 0 Å². The zero-order chi connectivity index (χ0) is 25.2. The molecule has 10 rings (SSSR count). The smallest absolute Gasteiger partial charge is 0.248 e.